The summed E-state index contributed by atoms with van der Waals surface area (Å²) in [6.07, 6.45) is 0. The van der Waals surface area contributed by atoms with Crippen LogP contribution in [-0.4, -0.2) is 67.7 Å². The van der Waals surface area contributed by atoms with Crippen LogP contribution >= 0.6 is 0 Å². The van der Waals surface area contributed by atoms with Crippen molar-refractivity contribution >= 4 is 11.6 Å². The molecule has 27 heavy (non-hydrogen) atoms. The fourth-order valence-electron chi connectivity index (χ4n) is 3.23. The first-order chi connectivity index (χ1) is 13.0. The molecule has 1 aliphatic rings. The molecule has 1 aliphatic heterocycles. The molecule has 0 saturated carbocycles. The van der Waals surface area contributed by atoms with E-state index in [1.807, 2.05) is 43.4 Å². The highest BCUT2D eigenvalue weighted by Gasteiger charge is 2.20. The van der Waals surface area contributed by atoms with Crippen molar-refractivity contribution in [3.8, 4) is 11.5 Å². The van der Waals surface area contributed by atoms with Crippen LogP contribution in [-0.2, 0) is 11.3 Å². The van der Waals surface area contributed by atoms with E-state index in [0.29, 0.717) is 13.1 Å². The highest BCUT2D eigenvalue weighted by Crippen LogP contribution is 2.20. The van der Waals surface area contributed by atoms with Gasteiger partial charge in [-0.05, 0) is 42.0 Å². The number of rotatable bonds is 6. The van der Waals surface area contributed by atoms with Crippen LogP contribution in [0.2, 0.25) is 0 Å². The Kier molecular flexibility index (Phi) is 6.19. The molecule has 1 N–H and O–H groups in total. The minimum Gasteiger partial charge on any atom is -0.508 e. The Morgan fingerprint density at radius 1 is 1.04 bits per heavy atom. The summed E-state index contributed by atoms with van der Waals surface area (Å²) in [6.45, 7) is 4.48. The Morgan fingerprint density at radius 3 is 2.26 bits per heavy atom. The number of phenolic OH excluding ortho intramolecular Hbond substituents is 1. The molecule has 1 saturated heterocycles. The maximum atomic E-state index is 12.5. The van der Waals surface area contributed by atoms with E-state index in [4.69, 9.17) is 4.74 Å². The monoisotopic (exact) mass is 369 g/mol. The minimum absolute atomic E-state index is 0.129. The number of anilines is 1. The highest BCUT2D eigenvalue weighted by atomic mass is 16.5. The third kappa shape index (κ3) is 5.14. The van der Waals surface area contributed by atoms with Gasteiger partial charge in [0.15, 0.2) is 0 Å². The zero-order valence-corrected chi connectivity index (χ0v) is 16.0. The molecule has 1 amide bonds. The van der Waals surface area contributed by atoms with Gasteiger partial charge >= 0.3 is 0 Å². The molecule has 0 atom stereocenters. The number of carbonyl (C=O) groups is 1. The molecule has 0 radical (unpaired) electrons. The second-order valence-corrected chi connectivity index (χ2v) is 6.88. The summed E-state index contributed by atoms with van der Waals surface area (Å²) in [4.78, 5) is 18.8. The van der Waals surface area contributed by atoms with Crippen LogP contribution in [0.15, 0.2) is 48.5 Å². The SMILES string of the molecule is COc1ccc(CN(C)C(=O)CN2CCN(c3ccc(O)cc3)CC2)cc1. The predicted molar refractivity (Wildman–Crippen MR) is 106 cm³/mol. The zero-order chi connectivity index (χ0) is 19.2. The summed E-state index contributed by atoms with van der Waals surface area (Å²) in [5, 5.41) is 9.40. The molecule has 0 spiro atoms. The number of amides is 1. The Balaban J connectivity index is 1.46. The molecule has 144 valence electrons. The fourth-order valence-corrected chi connectivity index (χ4v) is 3.23. The topological polar surface area (TPSA) is 56.2 Å². The number of likely N-dealkylation sites (N-methyl/N-ethyl adjacent to an activating group) is 1. The average Bonchev–Trinajstić information content (AvgIpc) is 2.70. The molecular formula is C21H27N3O3. The smallest absolute Gasteiger partial charge is 0.236 e. The van der Waals surface area contributed by atoms with Gasteiger partial charge in [0.05, 0.1) is 13.7 Å². The number of nitrogens with zero attached hydrogens (tertiary/aromatic N) is 3. The maximum absolute atomic E-state index is 12.5. The normalized spacial score (nSPS) is 14.8. The second-order valence-electron chi connectivity index (χ2n) is 6.88. The number of carbonyl (C=O) groups excluding carboxylic acids is 1. The van der Waals surface area contributed by atoms with Gasteiger partial charge in [-0.3, -0.25) is 9.69 Å². The summed E-state index contributed by atoms with van der Waals surface area (Å²) >= 11 is 0. The second kappa shape index (κ2) is 8.77. The number of ether oxygens (including phenoxy) is 1. The number of phenols is 1. The first kappa shape index (κ1) is 19.0. The van der Waals surface area contributed by atoms with Crippen molar-refractivity contribution < 1.29 is 14.6 Å². The van der Waals surface area contributed by atoms with Crippen LogP contribution in [0.4, 0.5) is 5.69 Å². The summed E-state index contributed by atoms with van der Waals surface area (Å²) < 4.78 is 5.16. The van der Waals surface area contributed by atoms with Crippen LogP contribution in [0.3, 0.4) is 0 Å². The van der Waals surface area contributed by atoms with Crippen molar-refractivity contribution in [1.29, 1.82) is 0 Å². The number of aromatic hydroxyl groups is 1. The van der Waals surface area contributed by atoms with E-state index >= 15 is 0 Å². The lowest BCUT2D eigenvalue weighted by molar-refractivity contribution is -0.131. The van der Waals surface area contributed by atoms with Crippen molar-refractivity contribution in [2.75, 3.05) is 51.8 Å². The molecule has 0 aromatic heterocycles. The van der Waals surface area contributed by atoms with Crippen molar-refractivity contribution in [2.24, 2.45) is 0 Å². The minimum atomic E-state index is 0.129. The Labute approximate surface area is 160 Å². The first-order valence-electron chi connectivity index (χ1n) is 9.18. The van der Waals surface area contributed by atoms with Crippen molar-refractivity contribution in [3.05, 3.63) is 54.1 Å². The highest BCUT2D eigenvalue weighted by molar-refractivity contribution is 5.78. The zero-order valence-electron chi connectivity index (χ0n) is 16.0. The van der Waals surface area contributed by atoms with Crippen LogP contribution in [0, 0.1) is 0 Å². The molecule has 1 fully saturated rings. The van der Waals surface area contributed by atoms with Gasteiger partial charge in [-0.15, -0.1) is 0 Å². The van der Waals surface area contributed by atoms with E-state index < -0.39 is 0 Å². The fraction of sp³-hybridized carbons (Fsp3) is 0.381. The van der Waals surface area contributed by atoms with Crippen LogP contribution in [0.1, 0.15) is 5.56 Å². The quantitative estimate of drug-likeness (QED) is 0.846. The van der Waals surface area contributed by atoms with E-state index in [1.54, 1.807) is 24.1 Å². The van der Waals surface area contributed by atoms with Gasteiger partial charge in [-0.2, -0.15) is 0 Å². The van der Waals surface area contributed by atoms with Gasteiger partial charge < -0.3 is 19.6 Å². The third-order valence-corrected chi connectivity index (χ3v) is 4.95. The van der Waals surface area contributed by atoms with Crippen LogP contribution in [0.25, 0.3) is 0 Å². The molecule has 2 aromatic rings. The molecule has 3 rings (SSSR count). The molecule has 0 aliphatic carbocycles. The van der Waals surface area contributed by atoms with Crippen LogP contribution in [0.5, 0.6) is 11.5 Å². The largest absolute Gasteiger partial charge is 0.508 e. The standard InChI is InChI=1S/C21H27N3O3/c1-22(15-17-3-9-20(27-2)10-4-17)21(26)16-23-11-13-24(14-12-23)18-5-7-19(25)8-6-18/h3-10,25H,11-16H2,1-2H3. The van der Waals surface area contributed by atoms with Crippen molar-refractivity contribution in [1.82, 2.24) is 9.80 Å². The predicted octanol–water partition coefficient (Wildman–Crippen LogP) is 2.18. The van der Waals surface area contributed by atoms with Gasteiger partial charge in [-0.1, -0.05) is 12.1 Å². The Bertz CT molecular complexity index is 738. The number of piperazine rings is 1. The molecule has 6 nitrogen and oxygen atoms in total. The molecular weight excluding hydrogens is 342 g/mol. The lowest BCUT2D eigenvalue weighted by Gasteiger charge is -2.36. The van der Waals surface area contributed by atoms with Crippen LogP contribution < -0.4 is 9.64 Å². The lowest BCUT2D eigenvalue weighted by Crippen LogP contribution is -2.49. The summed E-state index contributed by atoms with van der Waals surface area (Å²) in [5.74, 6) is 1.23. The van der Waals surface area contributed by atoms with Gasteiger partial charge in [0.25, 0.3) is 0 Å². The first-order valence-corrected chi connectivity index (χ1v) is 9.18. The van der Waals surface area contributed by atoms with Crippen molar-refractivity contribution in [2.45, 2.75) is 6.54 Å². The molecule has 0 bridgehead atoms. The van der Waals surface area contributed by atoms with Gasteiger partial charge in [-0.25, -0.2) is 0 Å². The van der Waals surface area contributed by atoms with E-state index in [2.05, 4.69) is 9.80 Å². The maximum Gasteiger partial charge on any atom is 0.236 e. The Hall–Kier alpha value is -2.73. The van der Waals surface area contributed by atoms with Gasteiger partial charge in [0.2, 0.25) is 5.91 Å². The van der Waals surface area contributed by atoms with E-state index in [1.165, 1.54) is 0 Å². The average molecular weight is 369 g/mol. The molecule has 0 unspecified atom stereocenters. The molecule has 6 heteroatoms. The van der Waals surface area contributed by atoms with Crippen molar-refractivity contribution in [3.63, 3.8) is 0 Å². The van der Waals surface area contributed by atoms with E-state index in [9.17, 15) is 9.90 Å². The van der Waals surface area contributed by atoms with Gasteiger partial charge in [0.1, 0.15) is 11.5 Å². The number of hydrogen-bond donors (Lipinski definition) is 1. The molecule has 2 aromatic carbocycles. The Morgan fingerprint density at radius 2 is 1.67 bits per heavy atom. The summed E-state index contributed by atoms with van der Waals surface area (Å²) in [6, 6.07) is 15.1. The van der Waals surface area contributed by atoms with Gasteiger partial charge in [0, 0.05) is 45.5 Å². The molecule has 1 heterocycles. The number of benzene rings is 2. The van der Waals surface area contributed by atoms with E-state index in [-0.39, 0.29) is 11.7 Å². The third-order valence-electron chi connectivity index (χ3n) is 4.95. The van der Waals surface area contributed by atoms with E-state index in [0.717, 1.165) is 43.2 Å². The summed E-state index contributed by atoms with van der Waals surface area (Å²) in [7, 11) is 3.49. The summed E-state index contributed by atoms with van der Waals surface area (Å²) in [5.41, 5.74) is 2.19. The number of methoxy groups -OCH3 is 1. The lowest BCUT2D eigenvalue weighted by atomic mass is 10.2. The number of hydrogen-bond acceptors (Lipinski definition) is 5.